The average Bonchev–Trinajstić information content (AvgIpc) is 2.56. The number of rotatable bonds is 1. The minimum Gasteiger partial charge on any atom is -0.336 e. The number of halogens is 2. The van der Waals surface area contributed by atoms with Gasteiger partial charge in [0.2, 0.25) is 0 Å². The zero-order chi connectivity index (χ0) is 10.1. The van der Waals surface area contributed by atoms with Gasteiger partial charge in [0, 0.05) is 15.5 Å². The molecule has 1 aromatic rings. The molecule has 1 aliphatic rings. The SMILES string of the molecule is O=C1NC[C@@H](c2cc(Br)ccc2Br)N1. The molecule has 1 fully saturated rings. The number of nitrogens with one attached hydrogen (secondary N) is 2. The zero-order valence-electron chi connectivity index (χ0n) is 7.18. The summed E-state index contributed by atoms with van der Waals surface area (Å²) < 4.78 is 2.02. The predicted molar refractivity (Wildman–Crippen MR) is 61.1 cm³/mol. The van der Waals surface area contributed by atoms with Gasteiger partial charge in [-0.2, -0.15) is 0 Å². The van der Waals surface area contributed by atoms with Crippen LogP contribution in [0.25, 0.3) is 0 Å². The largest absolute Gasteiger partial charge is 0.336 e. The van der Waals surface area contributed by atoms with Gasteiger partial charge in [-0.3, -0.25) is 0 Å². The Morgan fingerprint density at radius 2 is 2.14 bits per heavy atom. The molecule has 1 atom stereocenters. The van der Waals surface area contributed by atoms with Gasteiger partial charge in [0.15, 0.2) is 0 Å². The highest BCUT2D eigenvalue weighted by Crippen LogP contribution is 2.27. The van der Waals surface area contributed by atoms with Crippen molar-refractivity contribution in [2.24, 2.45) is 0 Å². The van der Waals surface area contributed by atoms with E-state index in [-0.39, 0.29) is 12.1 Å². The number of hydrogen-bond acceptors (Lipinski definition) is 1. The van der Waals surface area contributed by atoms with E-state index < -0.39 is 0 Å². The maximum absolute atomic E-state index is 11.0. The van der Waals surface area contributed by atoms with E-state index in [4.69, 9.17) is 0 Å². The van der Waals surface area contributed by atoms with E-state index >= 15 is 0 Å². The Bertz CT molecular complexity index is 381. The standard InChI is InChI=1S/C9H8Br2N2O/c10-5-1-2-7(11)6(3-5)8-4-12-9(14)13-8/h1-3,8H,4H2,(H2,12,13,14)/t8-/m0/s1. The van der Waals surface area contributed by atoms with Crippen molar-refractivity contribution in [3.63, 3.8) is 0 Å². The van der Waals surface area contributed by atoms with Crippen LogP contribution in [0.4, 0.5) is 4.79 Å². The third-order valence-corrected chi connectivity index (χ3v) is 3.32. The fraction of sp³-hybridized carbons (Fsp3) is 0.222. The van der Waals surface area contributed by atoms with E-state index in [1.807, 2.05) is 18.2 Å². The van der Waals surface area contributed by atoms with Crippen LogP contribution in [0.1, 0.15) is 11.6 Å². The molecule has 0 unspecified atom stereocenters. The monoisotopic (exact) mass is 318 g/mol. The van der Waals surface area contributed by atoms with Crippen LogP contribution in [0.5, 0.6) is 0 Å². The van der Waals surface area contributed by atoms with Crippen molar-refractivity contribution in [2.45, 2.75) is 6.04 Å². The van der Waals surface area contributed by atoms with Gasteiger partial charge in [-0.1, -0.05) is 31.9 Å². The highest BCUT2D eigenvalue weighted by atomic mass is 79.9. The second-order valence-corrected chi connectivity index (χ2v) is 4.84. The van der Waals surface area contributed by atoms with Crippen molar-refractivity contribution in [3.8, 4) is 0 Å². The maximum atomic E-state index is 11.0. The molecule has 1 heterocycles. The highest BCUT2D eigenvalue weighted by molar-refractivity contribution is 9.11. The summed E-state index contributed by atoms with van der Waals surface area (Å²) in [6.07, 6.45) is 0. The normalized spacial score (nSPS) is 20.4. The molecule has 3 nitrogen and oxygen atoms in total. The lowest BCUT2D eigenvalue weighted by Crippen LogP contribution is -2.21. The second-order valence-electron chi connectivity index (χ2n) is 3.07. The number of carbonyl (C=O) groups is 1. The van der Waals surface area contributed by atoms with Gasteiger partial charge in [-0.05, 0) is 23.8 Å². The third kappa shape index (κ3) is 1.93. The summed E-state index contributed by atoms with van der Waals surface area (Å²) in [7, 11) is 0. The number of carbonyl (C=O) groups excluding carboxylic acids is 1. The topological polar surface area (TPSA) is 41.1 Å². The van der Waals surface area contributed by atoms with E-state index in [2.05, 4.69) is 42.5 Å². The minimum absolute atomic E-state index is 0.0503. The number of benzene rings is 1. The van der Waals surface area contributed by atoms with E-state index in [1.165, 1.54) is 0 Å². The van der Waals surface area contributed by atoms with Gasteiger partial charge in [-0.15, -0.1) is 0 Å². The van der Waals surface area contributed by atoms with Crippen molar-refractivity contribution < 1.29 is 4.79 Å². The first kappa shape index (κ1) is 9.98. The minimum atomic E-state index is -0.109. The highest BCUT2D eigenvalue weighted by Gasteiger charge is 2.23. The second kappa shape index (κ2) is 3.90. The molecule has 0 spiro atoms. The molecule has 5 heteroatoms. The van der Waals surface area contributed by atoms with E-state index in [9.17, 15) is 4.79 Å². The van der Waals surface area contributed by atoms with E-state index in [0.717, 1.165) is 14.5 Å². The molecule has 0 bridgehead atoms. The van der Waals surface area contributed by atoms with Crippen molar-refractivity contribution >= 4 is 37.9 Å². The first-order valence-corrected chi connectivity index (χ1v) is 5.75. The molecule has 14 heavy (non-hydrogen) atoms. The van der Waals surface area contributed by atoms with E-state index in [0.29, 0.717) is 6.54 Å². The van der Waals surface area contributed by atoms with Crippen molar-refractivity contribution in [3.05, 3.63) is 32.7 Å². The molecule has 2 rings (SSSR count). The fourth-order valence-electron chi connectivity index (χ4n) is 1.42. The van der Waals surface area contributed by atoms with Gasteiger partial charge in [-0.25, -0.2) is 4.79 Å². The Hall–Kier alpha value is -0.550. The Morgan fingerprint density at radius 1 is 1.36 bits per heavy atom. The van der Waals surface area contributed by atoms with Crippen LogP contribution in [-0.2, 0) is 0 Å². The molecule has 0 radical (unpaired) electrons. The van der Waals surface area contributed by atoms with Crippen LogP contribution in [0.3, 0.4) is 0 Å². The number of amides is 2. The molecule has 2 N–H and O–H groups in total. The molecule has 0 aromatic heterocycles. The lowest BCUT2D eigenvalue weighted by molar-refractivity contribution is 0.247. The quantitative estimate of drug-likeness (QED) is 0.820. The first-order chi connectivity index (χ1) is 6.66. The van der Waals surface area contributed by atoms with Gasteiger partial charge >= 0.3 is 6.03 Å². The Labute approximate surface area is 98.5 Å². The van der Waals surface area contributed by atoms with Crippen molar-refractivity contribution in [1.82, 2.24) is 10.6 Å². The van der Waals surface area contributed by atoms with Crippen LogP contribution >= 0.6 is 31.9 Å². The summed E-state index contributed by atoms with van der Waals surface area (Å²) in [5.41, 5.74) is 1.08. The Morgan fingerprint density at radius 3 is 2.79 bits per heavy atom. The molecule has 74 valence electrons. The van der Waals surface area contributed by atoms with Crippen LogP contribution in [0, 0.1) is 0 Å². The van der Waals surface area contributed by atoms with Crippen LogP contribution in [0.2, 0.25) is 0 Å². The van der Waals surface area contributed by atoms with Crippen LogP contribution in [0.15, 0.2) is 27.1 Å². The van der Waals surface area contributed by atoms with Gasteiger partial charge in [0.05, 0.1) is 6.04 Å². The summed E-state index contributed by atoms with van der Waals surface area (Å²) in [5, 5.41) is 5.57. The maximum Gasteiger partial charge on any atom is 0.315 e. The number of urea groups is 1. The molecule has 2 amide bonds. The van der Waals surface area contributed by atoms with Crippen LogP contribution < -0.4 is 10.6 Å². The van der Waals surface area contributed by atoms with Gasteiger partial charge in [0.25, 0.3) is 0 Å². The third-order valence-electron chi connectivity index (χ3n) is 2.11. The lowest BCUT2D eigenvalue weighted by Gasteiger charge is -2.11. The summed E-state index contributed by atoms with van der Waals surface area (Å²) in [4.78, 5) is 11.0. The molecule has 0 aliphatic carbocycles. The summed E-state index contributed by atoms with van der Waals surface area (Å²) in [5.74, 6) is 0. The predicted octanol–water partition coefficient (Wildman–Crippen LogP) is 2.57. The fourth-order valence-corrected chi connectivity index (χ4v) is 2.33. The number of hydrogen-bond donors (Lipinski definition) is 2. The Balaban J connectivity index is 2.31. The average molecular weight is 320 g/mol. The lowest BCUT2D eigenvalue weighted by atomic mass is 10.1. The smallest absolute Gasteiger partial charge is 0.315 e. The van der Waals surface area contributed by atoms with Crippen molar-refractivity contribution in [2.75, 3.05) is 6.54 Å². The summed E-state index contributed by atoms with van der Waals surface area (Å²) in [6, 6.07) is 5.86. The van der Waals surface area contributed by atoms with E-state index in [1.54, 1.807) is 0 Å². The molecule has 1 aromatic carbocycles. The molecular formula is C9H8Br2N2O. The molecular weight excluding hydrogens is 312 g/mol. The van der Waals surface area contributed by atoms with Crippen molar-refractivity contribution in [1.29, 1.82) is 0 Å². The first-order valence-electron chi connectivity index (χ1n) is 4.16. The molecule has 1 aliphatic heterocycles. The Kier molecular flexibility index (Phi) is 2.78. The summed E-state index contributed by atoms with van der Waals surface area (Å²) >= 11 is 6.87. The van der Waals surface area contributed by atoms with Gasteiger partial charge in [0.1, 0.15) is 0 Å². The molecule has 1 saturated heterocycles. The zero-order valence-corrected chi connectivity index (χ0v) is 10.4. The molecule has 0 saturated carbocycles. The summed E-state index contributed by atoms with van der Waals surface area (Å²) in [6.45, 7) is 0.633. The van der Waals surface area contributed by atoms with Crippen LogP contribution in [-0.4, -0.2) is 12.6 Å². The van der Waals surface area contributed by atoms with Gasteiger partial charge < -0.3 is 10.6 Å².